The SMILES string of the molecule is COc1nccnc1N1CCCC2(CCc3cnc(C)nc32)C1. The first-order chi connectivity index (χ1) is 11.2. The van der Waals surface area contributed by atoms with E-state index in [-0.39, 0.29) is 5.41 Å². The molecular weight excluding hydrogens is 290 g/mol. The van der Waals surface area contributed by atoms with Crippen molar-refractivity contribution in [3.05, 3.63) is 35.7 Å². The molecule has 6 nitrogen and oxygen atoms in total. The van der Waals surface area contributed by atoms with Gasteiger partial charge in [0.25, 0.3) is 5.88 Å². The second-order valence-electron chi connectivity index (χ2n) is 6.49. The van der Waals surface area contributed by atoms with E-state index in [1.165, 1.54) is 17.7 Å². The third-order valence-electron chi connectivity index (χ3n) is 5.08. The van der Waals surface area contributed by atoms with Gasteiger partial charge in [0.05, 0.1) is 12.8 Å². The van der Waals surface area contributed by atoms with Crippen molar-refractivity contribution in [2.24, 2.45) is 0 Å². The average molecular weight is 311 g/mol. The van der Waals surface area contributed by atoms with Crippen LogP contribution in [0.1, 0.15) is 36.3 Å². The average Bonchev–Trinajstić information content (AvgIpc) is 2.92. The normalized spacial score (nSPS) is 23.1. The maximum Gasteiger partial charge on any atom is 0.257 e. The Labute approximate surface area is 136 Å². The monoisotopic (exact) mass is 311 g/mol. The van der Waals surface area contributed by atoms with Gasteiger partial charge in [0.1, 0.15) is 5.82 Å². The molecule has 1 aliphatic heterocycles. The summed E-state index contributed by atoms with van der Waals surface area (Å²) in [5.41, 5.74) is 2.67. The fourth-order valence-electron chi connectivity index (χ4n) is 4.02. The molecule has 2 aliphatic rings. The maximum atomic E-state index is 5.40. The van der Waals surface area contributed by atoms with E-state index in [0.717, 1.165) is 44.0 Å². The highest BCUT2D eigenvalue weighted by molar-refractivity contribution is 5.50. The predicted molar refractivity (Wildman–Crippen MR) is 86.8 cm³/mol. The molecule has 1 aliphatic carbocycles. The fraction of sp³-hybridized carbons (Fsp3) is 0.529. The molecule has 1 fully saturated rings. The highest BCUT2D eigenvalue weighted by Crippen LogP contribution is 2.45. The van der Waals surface area contributed by atoms with Crippen molar-refractivity contribution in [2.75, 3.05) is 25.1 Å². The number of aromatic nitrogens is 4. The highest BCUT2D eigenvalue weighted by Gasteiger charge is 2.44. The summed E-state index contributed by atoms with van der Waals surface area (Å²) in [6.07, 6.45) is 9.92. The third-order valence-corrected chi connectivity index (χ3v) is 5.08. The van der Waals surface area contributed by atoms with Crippen molar-refractivity contribution in [2.45, 2.75) is 38.0 Å². The quantitative estimate of drug-likeness (QED) is 0.846. The Balaban J connectivity index is 1.70. The Hall–Kier alpha value is -2.24. The summed E-state index contributed by atoms with van der Waals surface area (Å²) in [5.74, 6) is 2.30. The lowest BCUT2D eigenvalue weighted by Crippen LogP contribution is -2.46. The van der Waals surface area contributed by atoms with Crippen LogP contribution in [0, 0.1) is 6.92 Å². The Bertz CT molecular complexity index is 731. The molecule has 4 rings (SSSR count). The lowest BCUT2D eigenvalue weighted by molar-refractivity contribution is 0.327. The number of hydrogen-bond donors (Lipinski definition) is 0. The van der Waals surface area contributed by atoms with Gasteiger partial charge in [-0.15, -0.1) is 0 Å². The molecule has 0 N–H and O–H groups in total. The minimum absolute atomic E-state index is 0.115. The van der Waals surface area contributed by atoms with Crippen LogP contribution in [0.4, 0.5) is 5.82 Å². The summed E-state index contributed by atoms with van der Waals surface area (Å²) in [6, 6.07) is 0. The molecule has 6 heteroatoms. The molecule has 1 atom stereocenters. The van der Waals surface area contributed by atoms with Gasteiger partial charge < -0.3 is 9.64 Å². The molecule has 0 bridgehead atoms. The van der Waals surface area contributed by atoms with Crippen molar-refractivity contribution < 1.29 is 4.74 Å². The third kappa shape index (κ3) is 2.33. The molecule has 0 saturated carbocycles. The van der Waals surface area contributed by atoms with E-state index in [0.29, 0.717) is 5.88 Å². The molecule has 1 unspecified atom stereocenters. The standard InChI is InChI=1S/C17H21N5O/c1-12-20-10-13-4-6-17(14(13)21-12)5-3-9-22(11-17)15-16(23-2)19-8-7-18-15/h7-8,10H,3-6,9,11H2,1-2H3. The van der Waals surface area contributed by atoms with Gasteiger partial charge in [-0.2, -0.15) is 0 Å². The van der Waals surface area contributed by atoms with Gasteiger partial charge in [-0.1, -0.05) is 0 Å². The van der Waals surface area contributed by atoms with Crippen LogP contribution in [0.25, 0.3) is 0 Å². The minimum Gasteiger partial charge on any atom is -0.478 e. The first-order valence-corrected chi connectivity index (χ1v) is 8.15. The molecular formula is C17H21N5O. The summed E-state index contributed by atoms with van der Waals surface area (Å²) in [6.45, 7) is 3.88. The summed E-state index contributed by atoms with van der Waals surface area (Å²) in [5, 5.41) is 0. The van der Waals surface area contributed by atoms with E-state index in [1.54, 1.807) is 19.5 Å². The number of ether oxygens (including phenoxy) is 1. The van der Waals surface area contributed by atoms with Crippen molar-refractivity contribution in [1.82, 2.24) is 19.9 Å². The second-order valence-corrected chi connectivity index (χ2v) is 6.49. The molecule has 1 spiro atoms. The zero-order valence-electron chi connectivity index (χ0n) is 13.6. The summed E-state index contributed by atoms with van der Waals surface area (Å²) in [4.78, 5) is 20.3. The molecule has 2 aromatic rings. The van der Waals surface area contributed by atoms with Gasteiger partial charge in [-0.05, 0) is 38.2 Å². The van der Waals surface area contributed by atoms with Crippen LogP contribution in [-0.2, 0) is 11.8 Å². The zero-order valence-corrected chi connectivity index (χ0v) is 13.6. The predicted octanol–water partition coefficient (Wildman–Crippen LogP) is 2.07. The van der Waals surface area contributed by atoms with Crippen LogP contribution in [-0.4, -0.2) is 40.1 Å². The van der Waals surface area contributed by atoms with Crippen LogP contribution in [0.15, 0.2) is 18.6 Å². The van der Waals surface area contributed by atoms with E-state index in [9.17, 15) is 0 Å². The Kier molecular flexibility index (Phi) is 3.39. The fourth-order valence-corrected chi connectivity index (χ4v) is 4.02. The van der Waals surface area contributed by atoms with Crippen LogP contribution < -0.4 is 9.64 Å². The number of piperidine rings is 1. The summed E-state index contributed by atoms with van der Waals surface area (Å²) < 4.78 is 5.40. The molecule has 0 aromatic carbocycles. The molecule has 1 saturated heterocycles. The zero-order chi connectivity index (χ0) is 15.9. The lowest BCUT2D eigenvalue weighted by atomic mass is 9.77. The van der Waals surface area contributed by atoms with Crippen LogP contribution in [0.5, 0.6) is 5.88 Å². The van der Waals surface area contributed by atoms with E-state index in [4.69, 9.17) is 9.72 Å². The number of anilines is 1. The number of fused-ring (bicyclic) bond motifs is 2. The Morgan fingerprint density at radius 2 is 2.04 bits per heavy atom. The Morgan fingerprint density at radius 3 is 2.91 bits per heavy atom. The van der Waals surface area contributed by atoms with E-state index in [1.807, 2.05) is 13.1 Å². The van der Waals surface area contributed by atoms with Gasteiger partial charge in [-0.25, -0.2) is 19.9 Å². The first-order valence-electron chi connectivity index (χ1n) is 8.15. The molecule has 3 heterocycles. The largest absolute Gasteiger partial charge is 0.478 e. The van der Waals surface area contributed by atoms with Gasteiger partial charge in [0.2, 0.25) is 0 Å². The first kappa shape index (κ1) is 14.4. The molecule has 2 aromatic heterocycles. The summed E-state index contributed by atoms with van der Waals surface area (Å²) >= 11 is 0. The van der Waals surface area contributed by atoms with Crippen molar-refractivity contribution in [3.63, 3.8) is 0 Å². The number of hydrogen-bond acceptors (Lipinski definition) is 6. The summed E-state index contributed by atoms with van der Waals surface area (Å²) in [7, 11) is 1.65. The van der Waals surface area contributed by atoms with Gasteiger partial charge in [-0.3, -0.25) is 0 Å². The Morgan fingerprint density at radius 1 is 1.17 bits per heavy atom. The molecule has 0 amide bonds. The molecule has 120 valence electrons. The van der Waals surface area contributed by atoms with Crippen LogP contribution in [0.3, 0.4) is 0 Å². The molecule has 23 heavy (non-hydrogen) atoms. The molecule has 0 radical (unpaired) electrons. The van der Waals surface area contributed by atoms with E-state index >= 15 is 0 Å². The number of rotatable bonds is 2. The number of methoxy groups -OCH3 is 1. The minimum atomic E-state index is 0.115. The van der Waals surface area contributed by atoms with Gasteiger partial charge >= 0.3 is 0 Å². The van der Waals surface area contributed by atoms with Crippen molar-refractivity contribution in [3.8, 4) is 5.88 Å². The topological polar surface area (TPSA) is 64.0 Å². The van der Waals surface area contributed by atoms with Gasteiger partial charge in [0, 0.05) is 37.1 Å². The smallest absolute Gasteiger partial charge is 0.257 e. The number of nitrogens with zero attached hydrogens (tertiary/aromatic N) is 5. The van der Waals surface area contributed by atoms with Crippen LogP contribution in [0.2, 0.25) is 0 Å². The van der Waals surface area contributed by atoms with Crippen molar-refractivity contribution in [1.29, 1.82) is 0 Å². The van der Waals surface area contributed by atoms with E-state index < -0.39 is 0 Å². The highest BCUT2D eigenvalue weighted by atomic mass is 16.5. The second kappa shape index (κ2) is 5.44. The van der Waals surface area contributed by atoms with E-state index in [2.05, 4.69) is 19.9 Å². The van der Waals surface area contributed by atoms with Crippen molar-refractivity contribution >= 4 is 5.82 Å². The number of aryl methyl sites for hydroxylation is 2. The van der Waals surface area contributed by atoms with Gasteiger partial charge in [0.15, 0.2) is 5.82 Å². The van der Waals surface area contributed by atoms with Crippen LogP contribution >= 0.6 is 0 Å². The lowest BCUT2D eigenvalue weighted by Gasteiger charge is -2.41. The maximum absolute atomic E-state index is 5.40.